The molecule has 0 heterocycles. The molecule has 0 aliphatic heterocycles. The van der Waals surface area contributed by atoms with Crippen molar-refractivity contribution in [2.75, 3.05) is 7.11 Å². The highest BCUT2D eigenvalue weighted by Gasteiger charge is 2.11. The Labute approximate surface area is 132 Å². The fraction of sp³-hybridized carbons (Fsp3) is 0.333. The zero-order valence-corrected chi connectivity index (χ0v) is 13.4. The van der Waals surface area contributed by atoms with Crippen molar-refractivity contribution in [2.45, 2.75) is 32.4 Å². The van der Waals surface area contributed by atoms with E-state index in [0.717, 1.165) is 30.2 Å². The van der Waals surface area contributed by atoms with Gasteiger partial charge in [0.15, 0.2) is 0 Å². The van der Waals surface area contributed by atoms with E-state index in [1.807, 2.05) is 30.3 Å². The number of hydrogen-bond acceptors (Lipinski definition) is 2. The maximum atomic E-state index is 5.97. The summed E-state index contributed by atoms with van der Waals surface area (Å²) in [6.07, 6.45) is 2.23. The fourth-order valence-electron chi connectivity index (χ4n) is 2.45. The monoisotopic (exact) mass is 303 g/mol. The van der Waals surface area contributed by atoms with Crippen molar-refractivity contribution in [1.82, 2.24) is 5.32 Å². The molecule has 2 aromatic rings. The molecule has 112 valence electrons. The lowest BCUT2D eigenvalue weighted by atomic mass is 10.0. The third-order valence-corrected chi connectivity index (χ3v) is 3.83. The Bertz CT molecular complexity index is 553. The van der Waals surface area contributed by atoms with Crippen LogP contribution in [0.2, 0.25) is 5.02 Å². The van der Waals surface area contributed by atoms with Crippen molar-refractivity contribution in [3.05, 3.63) is 64.7 Å². The summed E-state index contributed by atoms with van der Waals surface area (Å²) < 4.78 is 5.40. The van der Waals surface area contributed by atoms with E-state index in [9.17, 15) is 0 Å². The summed E-state index contributed by atoms with van der Waals surface area (Å²) in [7, 11) is 1.71. The van der Waals surface area contributed by atoms with E-state index >= 15 is 0 Å². The second-order valence-electron chi connectivity index (χ2n) is 5.09. The fourth-order valence-corrected chi connectivity index (χ4v) is 2.58. The molecule has 1 N–H and O–H groups in total. The molecular weight excluding hydrogens is 282 g/mol. The van der Waals surface area contributed by atoms with E-state index in [4.69, 9.17) is 16.3 Å². The number of rotatable bonds is 7. The Kier molecular flexibility index (Phi) is 6.09. The van der Waals surface area contributed by atoms with E-state index in [1.165, 1.54) is 11.1 Å². The standard InChI is InChI=1S/C18H22ClNO/c1-3-6-17(14-9-11-16(19)12-10-14)20-13-15-7-4-5-8-18(15)21-2/h4-5,7-12,17,20H,3,6,13H2,1-2H3. The molecule has 3 heteroatoms. The van der Waals surface area contributed by atoms with Gasteiger partial charge in [-0.15, -0.1) is 0 Å². The van der Waals surface area contributed by atoms with Crippen LogP contribution < -0.4 is 10.1 Å². The number of hydrogen-bond donors (Lipinski definition) is 1. The SMILES string of the molecule is CCCC(NCc1ccccc1OC)c1ccc(Cl)cc1. The van der Waals surface area contributed by atoms with Gasteiger partial charge in [0, 0.05) is 23.2 Å². The van der Waals surface area contributed by atoms with Gasteiger partial charge in [0.05, 0.1) is 7.11 Å². The number of methoxy groups -OCH3 is 1. The van der Waals surface area contributed by atoms with Crippen molar-refractivity contribution in [1.29, 1.82) is 0 Å². The third kappa shape index (κ3) is 4.48. The van der Waals surface area contributed by atoms with Gasteiger partial charge in [0.1, 0.15) is 5.75 Å². The van der Waals surface area contributed by atoms with Gasteiger partial charge in [-0.1, -0.05) is 55.3 Å². The van der Waals surface area contributed by atoms with Crippen molar-refractivity contribution < 1.29 is 4.74 Å². The molecule has 21 heavy (non-hydrogen) atoms. The van der Waals surface area contributed by atoms with Gasteiger partial charge in [0.25, 0.3) is 0 Å². The van der Waals surface area contributed by atoms with Crippen molar-refractivity contribution in [3.63, 3.8) is 0 Å². The molecule has 2 rings (SSSR count). The van der Waals surface area contributed by atoms with Gasteiger partial charge in [0.2, 0.25) is 0 Å². The van der Waals surface area contributed by atoms with Crippen LogP contribution in [-0.4, -0.2) is 7.11 Å². The summed E-state index contributed by atoms with van der Waals surface area (Å²) in [6, 6.07) is 16.5. The molecule has 0 amide bonds. The predicted octanol–water partition coefficient (Wildman–Crippen LogP) is 4.98. The molecule has 0 spiro atoms. The normalized spacial score (nSPS) is 12.1. The highest BCUT2D eigenvalue weighted by Crippen LogP contribution is 2.23. The number of para-hydroxylation sites is 1. The van der Waals surface area contributed by atoms with Crippen LogP contribution in [0.4, 0.5) is 0 Å². The first-order valence-electron chi connectivity index (χ1n) is 7.35. The summed E-state index contributed by atoms with van der Waals surface area (Å²) in [6.45, 7) is 2.99. The average Bonchev–Trinajstić information content (AvgIpc) is 2.52. The van der Waals surface area contributed by atoms with Gasteiger partial charge >= 0.3 is 0 Å². The van der Waals surface area contributed by atoms with Crippen LogP contribution in [-0.2, 0) is 6.54 Å². The Morgan fingerprint density at radius 3 is 2.48 bits per heavy atom. The molecule has 0 radical (unpaired) electrons. The first-order chi connectivity index (χ1) is 10.2. The Morgan fingerprint density at radius 1 is 1.10 bits per heavy atom. The summed E-state index contributed by atoms with van der Waals surface area (Å²) >= 11 is 5.97. The minimum Gasteiger partial charge on any atom is -0.496 e. The Morgan fingerprint density at radius 2 is 1.81 bits per heavy atom. The van der Waals surface area contributed by atoms with Gasteiger partial charge in [-0.3, -0.25) is 0 Å². The number of ether oxygens (including phenoxy) is 1. The smallest absolute Gasteiger partial charge is 0.123 e. The van der Waals surface area contributed by atoms with Crippen LogP contribution in [0.3, 0.4) is 0 Å². The summed E-state index contributed by atoms with van der Waals surface area (Å²) in [5.41, 5.74) is 2.45. The molecular formula is C18H22ClNO. The molecule has 0 aliphatic rings. The quantitative estimate of drug-likeness (QED) is 0.779. The lowest BCUT2D eigenvalue weighted by molar-refractivity contribution is 0.403. The molecule has 0 aliphatic carbocycles. The Hall–Kier alpha value is -1.51. The molecule has 2 aromatic carbocycles. The van der Waals surface area contributed by atoms with Crippen molar-refractivity contribution in [2.24, 2.45) is 0 Å². The minimum absolute atomic E-state index is 0.331. The van der Waals surface area contributed by atoms with E-state index in [-0.39, 0.29) is 0 Å². The van der Waals surface area contributed by atoms with E-state index in [0.29, 0.717) is 6.04 Å². The summed E-state index contributed by atoms with van der Waals surface area (Å²) in [5.74, 6) is 0.927. The second kappa shape index (κ2) is 8.06. The van der Waals surface area contributed by atoms with E-state index in [2.05, 4.69) is 30.4 Å². The van der Waals surface area contributed by atoms with Crippen LogP contribution in [0.15, 0.2) is 48.5 Å². The summed E-state index contributed by atoms with van der Waals surface area (Å²) in [4.78, 5) is 0. The number of nitrogens with one attached hydrogen (secondary N) is 1. The predicted molar refractivity (Wildman–Crippen MR) is 88.9 cm³/mol. The van der Waals surface area contributed by atoms with Gasteiger partial charge in [-0.05, 0) is 30.2 Å². The van der Waals surface area contributed by atoms with Crippen LogP contribution >= 0.6 is 11.6 Å². The van der Waals surface area contributed by atoms with E-state index in [1.54, 1.807) is 7.11 Å². The van der Waals surface area contributed by atoms with Crippen LogP contribution in [0.5, 0.6) is 5.75 Å². The average molecular weight is 304 g/mol. The van der Waals surface area contributed by atoms with Gasteiger partial charge < -0.3 is 10.1 Å². The van der Waals surface area contributed by atoms with E-state index < -0.39 is 0 Å². The van der Waals surface area contributed by atoms with Crippen molar-refractivity contribution in [3.8, 4) is 5.75 Å². The second-order valence-corrected chi connectivity index (χ2v) is 5.52. The molecule has 1 unspecified atom stereocenters. The Balaban J connectivity index is 2.08. The van der Waals surface area contributed by atoms with Gasteiger partial charge in [-0.25, -0.2) is 0 Å². The zero-order chi connectivity index (χ0) is 15.1. The van der Waals surface area contributed by atoms with Crippen LogP contribution in [0.25, 0.3) is 0 Å². The topological polar surface area (TPSA) is 21.3 Å². The summed E-state index contributed by atoms with van der Waals surface area (Å²) in [5, 5.41) is 4.40. The van der Waals surface area contributed by atoms with Crippen molar-refractivity contribution >= 4 is 11.6 Å². The minimum atomic E-state index is 0.331. The molecule has 2 nitrogen and oxygen atoms in total. The first-order valence-corrected chi connectivity index (χ1v) is 7.73. The highest BCUT2D eigenvalue weighted by molar-refractivity contribution is 6.30. The maximum Gasteiger partial charge on any atom is 0.123 e. The lowest BCUT2D eigenvalue weighted by Gasteiger charge is -2.19. The molecule has 0 saturated carbocycles. The molecule has 1 atom stereocenters. The first kappa shape index (κ1) is 15.9. The third-order valence-electron chi connectivity index (χ3n) is 3.58. The molecule has 0 saturated heterocycles. The largest absolute Gasteiger partial charge is 0.496 e. The van der Waals surface area contributed by atoms with Gasteiger partial charge in [-0.2, -0.15) is 0 Å². The number of halogens is 1. The zero-order valence-electron chi connectivity index (χ0n) is 12.6. The molecule has 0 fully saturated rings. The number of benzene rings is 2. The van der Waals surface area contributed by atoms with Crippen LogP contribution in [0.1, 0.15) is 36.9 Å². The van der Waals surface area contributed by atoms with Crippen LogP contribution in [0, 0.1) is 0 Å². The maximum absolute atomic E-state index is 5.97. The highest BCUT2D eigenvalue weighted by atomic mass is 35.5. The molecule has 0 bridgehead atoms. The lowest BCUT2D eigenvalue weighted by Crippen LogP contribution is -2.21. The molecule has 0 aromatic heterocycles.